The average Bonchev–Trinajstić information content (AvgIpc) is 3.33. The van der Waals surface area contributed by atoms with Crippen molar-refractivity contribution < 1.29 is 9.59 Å². The van der Waals surface area contributed by atoms with Crippen molar-refractivity contribution in [1.29, 1.82) is 0 Å². The summed E-state index contributed by atoms with van der Waals surface area (Å²) in [4.78, 5) is 39.7. The summed E-state index contributed by atoms with van der Waals surface area (Å²) in [6.07, 6.45) is 14.9. The van der Waals surface area contributed by atoms with Crippen molar-refractivity contribution >= 4 is 17.6 Å². The number of anilines is 1. The van der Waals surface area contributed by atoms with Crippen LogP contribution in [0.4, 0.5) is 5.82 Å². The Morgan fingerprint density at radius 2 is 1.77 bits per heavy atom. The van der Waals surface area contributed by atoms with Crippen LogP contribution in [0.2, 0.25) is 0 Å². The quantitative estimate of drug-likeness (QED) is 0.689. The van der Waals surface area contributed by atoms with Crippen molar-refractivity contribution in [3.05, 3.63) is 29.2 Å². The van der Waals surface area contributed by atoms with Gasteiger partial charge in [0.2, 0.25) is 11.8 Å². The van der Waals surface area contributed by atoms with Gasteiger partial charge in [-0.25, -0.2) is 9.97 Å². The third kappa shape index (κ3) is 4.01. The summed E-state index contributed by atoms with van der Waals surface area (Å²) < 4.78 is 0. The number of amides is 2. The zero-order valence-corrected chi connectivity index (χ0v) is 18.7. The van der Waals surface area contributed by atoms with E-state index in [1.165, 1.54) is 12.8 Å². The predicted molar refractivity (Wildman–Crippen MR) is 120 cm³/mol. The molecule has 6 heteroatoms. The monoisotopic (exact) mass is 422 g/mol. The van der Waals surface area contributed by atoms with E-state index in [-0.39, 0.29) is 17.7 Å². The molecule has 166 valence electrons. The smallest absolute Gasteiger partial charge is 0.228 e. The molecule has 1 aromatic heterocycles. The van der Waals surface area contributed by atoms with E-state index in [0.717, 1.165) is 87.4 Å². The van der Waals surface area contributed by atoms with Gasteiger partial charge in [0.1, 0.15) is 11.6 Å². The van der Waals surface area contributed by atoms with Gasteiger partial charge in [0.25, 0.3) is 0 Å². The molecule has 4 aliphatic rings. The lowest BCUT2D eigenvalue weighted by Crippen LogP contribution is -2.44. The highest BCUT2D eigenvalue weighted by molar-refractivity contribution is 5.96. The molecule has 3 heterocycles. The van der Waals surface area contributed by atoms with Crippen molar-refractivity contribution in [3.63, 3.8) is 0 Å². The first-order valence-corrected chi connectivity index (χ1v) is 12.2. The van der Waals surface area contributed by atoms with Crippen LogP contribution in [0, 0.1) is 12.8 Å². The van der Waals surface area contributed by atoms with Crippen molar-refractivity contribution in [2.45, 2.75) is 89.5 Å². The van der Waals surface area contributed by atoms with E-state index < -0.39 is 0 Å². The van der Waals surface area contributed by atoms with Crippen LogP contribution in [0.3, 0.4) is 0 Å². The molecule has 1 atom stereocenters. The molecule has 0 aromatic carbocycles. The molecule has 6 nitrogen and oxygen atoms in total. The van der Waals surface area contributed by atoms with E-state index in [9.17, 15) is 9.59 Å². The number of likely N-dealkylation sites (tertiary alicyclic amines) is 1. The number of piperidine rings is 1. The number of fused-ring (bicyclic) bond motifs is 1. The van der Waals surface area contributed by atoms with Gasteiger partial charge in [-0.2, -0.15) is 0 Å². The Labute approximate surface area is 185 Å². The lowest BCUT2D eigenvalue weighted by molar-refractivity contribution is -0.136. The van der Waals surface area contributed by atoms with E-state index >= 15 is 0 Å². The lowest BCUT2D eigenvalue weighted by atomic mass is 9.90. The van der Waals surface area contributed by atoms with Gasteiger partial charge in [-0.15, -0.1) is 0 Å². The second kappa shape index (κ2) is 8.71. The largest absolute Gasteiger partial charge is 0.342 e. The van der Waals surface area contributed by atoms with Crippen LogP contribution in [0.25, 0.3) is 0 Å². The first-order chi connectivity index (χ1) is 15.1. The summed E-state index contributed by atoms with van der Waals surface area (Å²) >= 11 is 0. The molecule has 1 aromatic rings. The molecule has 1 saturated heterocycles. The summed E-state index contributed by atoms with van der Waals surface area (Å²) in [6, 6.07) is 0.303. The van der Waals surface area contributed by atoms with Crippen LogP contribution < -0.4 is 4.90 Å². The number of rotatable bonds is 3. The molecule has 0 radical (unpaired) electrons. The zero-order chi connectivity index (χ0) is 21.4. The summed E-state index contributed by atoms with van der Waals surface area (Å²) in [7, 11) is 0. The second-order valence-electron chi connectivity index (χ2n) is 9.75. The summed E-state index contributed by atoms with van der Waals surface area (Å²) in [5.74, 6) is 2.74. The third-order valence-electron chi connectivity index (χ3n) is 7.78. The second-order valence-corrected chi connectivity index (χ2v) is 9.75. The van der Waals surface area contributed by atoms with Crippen LogP contribution in [0.1, 0.15) is 87.2 Å². The lowest BCUT2D eigenvalue weighted by Gasteiger charge is -2.36. The molecule has 2 aliphatic carbocycles. The van der Waals surface area contributed by atoms with Crippen LogP contribution >= 0.6 is 0 Å². The number of allylic oxidation sites excluding steroid dienone is 2. The first kappa shape index (κ1) is 20.7. The highest BCUT2D eigenvalue weighted by Crippen LogP contribution is 2.37. The Hall–Kier alpha value is -2.24. The van der Waals surface area contributed by atoms with Gasteiger partial charge in [-0.05, 0) is 58.3 Å². The fourth-order valence-electron chi connectivity index (χ4n) is 5.92. The summed E-state index contributed by atoms with van der Waals surface area (Å²) in [5, 5.41) is 0. The van der Waals surface area contributed by atoms with Gasteiger partial charge >= 0.3 is 0 Å². The highest BCUT2D eigenvalue weighted by Gasteiger charge is 2.36. The zero-order valence-electron chi connectivity index (χ0n) is 18.7. The molecule has 5 rings (SSSR count). The van der Waals surface area contributed by atoms with E-state index in [4.69, 9.17) is 9.97 Å². The molecule has 0 bridgehead atoms. The minimum atomic E-state index is 0.162. The maximum atomic E-state index is 12.9. The van der Waals surface area contributed by atoms with E-state index in [1.807, 2.05) is 4.90 Å². The Morgan fingerprint density at radius 3 is 2.48 bits per heavy atom. The predicted octanol–water partition coefficient (Wildman–Crippen LogP) is 4.07. The van der Waals surface area contributed by atoms with Crippen molar-refractivity contribution in [2.75, 3.05) is 18.0 Å². The third-order valence-corrected chi connectivity index (χ3v) is 7.78. The number of carbonyl (C=O) groups excluding carboxylic acids is 2. The molecule has 2 amide bonds. The SMILES string of the molecule is Cc1nc(C2CCN(C(=O)[C@@H]3CC=CCC3)CC2)nc2c1CCC(=O)N2C1CCCC1. The Bertz CT molecular complexity index is 882. The molecule has 31 heavy (non-hydrogen) atoms. The van der Waals surface area contributed by atoms with Crippen molar-refractivity contribution in [1.82, 2.24) is 14.9 Å². The minimum absolute atomic E-state index is 0.162. The standard InChI is InChI=1S/C25H34N4O2/c1-17-21-11-12-22(30)29(20-9-5-6-10-20)24(21)27-23(26-17)18-13-15-28(16-14-18)25(31)19-7-3-2-4-8-19/h2-3,18-20H,4-16H2,1H3/t19-/m1/s1. The molecule has 2 aliphatic heterocycles. The molecule has 2 fully saturated rings. The molecule has 0 N–H and O–H groups in total. The number of carbonyl (C=O) groups is 2. The van der Waals surface area contributed by atoms with Crippen molar-refractivity contribution in [2.24, 2.45) is 5.92 Å². The van der Waals surface area contributed by atoms with Gasteiger partial charge in [-0.1, -0.05) is 25.0 Å². The van der Waals surface area contributed by atoms with Gasteiger partial charge in [-0.3, -0.25) is 14.5 Å². The number of nitrogens with zero attached hydrogens (tertiary/aromatic N) is 4. The normalized spacial score (nSPS) is 25.2. The van der Waals surface area contributed by atoms with E-state index in [0.29, 0.717) is 18.4 Å². The highest BCUT2D eigenvalue weighted by atomic mass is 16.2. The number of aryl methyl sites for hydroxylation is 1. The fourth-order valence-corrected chi connectivity index (χ4v) is 5.92. The summed E-state index contributed by atoms with van der Waals surface area (Å²) in [5.41, 5.74) is 2.19. The van der Waals surface area contributed by atoms with Crippen LogP contribution in [0.5, 0.6) is 0 Å². The van der Waals surface area contributed by atoms with E-state index in [2.05, 4.69) is 24.0 Å². The van der Waals surface area contributed by atoms with Gasteiger partial charge in [0.05, 0.1) is 0 Å². The molecular weight excluding hydrogens is 388 g/mol. The molecule has 0 spiro atoms. The van der Waals surface area contributed by atoms with E-state index in [1.54, 1.807) is 0 Å². The molecule has 0 unspecified atom stereocenters. The average molecular weight is 423 g/mol. The van der Waals surface area contributed by atoms with Crippen LogP contribution in [0.15, 0.2) is 12.2 Å². The van der Waals surface area contributed by atoms with Crippen LogP contribution in [-0.2, 0) is 16.0 Å². The van der Waals surface area contributed by atoms with Crippen LogP contribution in [-0.4, -0.2) is 45.8 Å². The minimum Gasteiger partial charge on any atom is -0.342 e. The van der Waals surface area contributed by atoms with Gasteiger partial charge < -0.3 is 4.90 Å². The van der Waals surface area contributed by atoms with Gasteiger partial charge in [0, 0.05) is 48.6 Å². The molecular formula is C25H34N4O2. The number of hydrogen-bond acceptors (Lipinski definition) is 4. The number of aromatic nitrogens is 2. The maximum Gasteiger partial charge on any atom is 0.228 e. The summed E-state index contributed by atoms with van der Waals surface area (Å²) in [6.45, 7) is 3.64. The Morgan fingerprint density at radius 1 is 1.00 bits per heavy atom. The van der Waals surface area contributed by atoms with Crippen molar-refractivity contribution in [3.8, 4) is 0 Å². The maximum absolute atomic E-state index is 12.9. The Kier molecular flexibility index (Phi) is 5.81. The first-order valence-electron chi connectivity index (χ1n) is 12.2. The number of hydrogen-bond donors (Lipinski definition) is 0. The van der Waals surface area contributed by atoms with Gasteiger partial charge in [0.15, 0.2) is 0 Å². The Balaban J connectivity index is 1.32. The fraction of sp³-hybridized carbons (Fsp3) is 0.680. The molecule has 1 saturated carbocycles. The topological polar surface area (TPSA) is 66.4 Å².